The van der Waals surface area contributed by atoms with Crippen LogP contribution >= 0.6 is 11.8 Å². The van der Waals surface area contributed by atoms with Gasteiger partial charge in [-0.15, -0.1) is 0 Å². The van der Waals surface area contributed by atoms with Gasteiger partial charge in [0.25, 0.3) is 0 Å². The number of nitrogens with two attached hydrogens (primary N) is 1. The molecule has 0 rings (SSSR count). The van der Waals surface area contributed by atoms with Gasteiger partial charge in [-0.25, -0.2) is 0 Å². The second-order valence-electron chi connectivity index (χ2n) is 3.23. The van der Waals surface area contributed by atoms with E-state index in [0.29, 0.717) is 6.42 Å². The SMILES string of the molecule is CNC(=O)C(C)NC(=O)[C@H](N)CCSC. The van der Waals surface area contributed by atoms with E-state index in [2.05, 4.69) is 10.6 Å². The topological polar surface area (TPSA) is 84.2 Å². The van der Waals surface area contributed by atoms with Crippen molar-refractivity contribution in [3.05, 3.63) is 0 Å². The van der Waals surface area contributed by atoms with Crippen molar-refractivity contribution in [2.24, 2.45) is 5.73 Å². The zero-order chi connectivity index (χ0) is 11.8. The zero-order valence-electron chi connectivity index (χ0n) is 9.37. The fraction of sp³-hybridized carbons (Fsp3) is 0.778. The van der Waals surface area contributed by atoms with Gasteiger partial charge in [0, 0.05) is 7.05 Å². The number of thioether (sulfide) groups is 1. The molecule has 0 fully saturated rings. The summed E-state index contributed by atoms with van der Waals surface area (Å²) in [5, 5.41) is 5.01. The first kappa shape index (κ1) is 14.2. The average molecular weight is 233 g/mol. The molecule has 15 heavy (non-hydrogen) atoms. The van der Waals surface area contributed by atoms with Crippen LogP contribution in [0.2, 0.25) is 0 Å². The quantitative estimate of drug-likeness (QED) is 0.567. The molecular weight excluding hydrogens is 214 g/mol. The molecule has 4 N–H and O–H groups in total. The molecule has 1 unspecified atom stereocenters. The predicted octanol–water partition coefficient (Wildman–Crippen LogP) is -0.682. The van der Waals surface area contributed by atoms with Gasteiger partial charge in [-0.3, -0.25) is 9.59 Å². The molecule has 0 aliphatic rings. The van der Waals surface area contributed by atoms with Crippen molar-refractivity contribution < 1.29 is 9.59 Å². The van der Waals surface area contributed by atoms with Crippen molar-refractivity contribution in [3.8, 4) is 0 Å². The van der Waals surface area contributed by atoms with E-state index < -0.39 is 12.1 Å². The van der Waals surface area contributed by atoms with Crippen LogP contribution in [0.4, 0.5) is 0 Å². The molecule has 0 aromatic rings. The highest BCUT2D eigenvalue weighted by Gasteiger charge is 2.18. The van der Waals surface area contributed by atoms with Gasteiger partial charge in [0.05, 0.1) is 6.04 Å². The highest BCUT2D eigenvalue weighted by molar-refractivity contribution is 7.98. The summed E-state index contributed by atoms with van der Waals surface area (Å²) in [5.74, 6) is 0.337. The fourth-order valence-corrected chi connectivity index (χ4v) is 1.47. The van der Waals surface area contributed by atoms with E-state index in [1.165, 1.54) is 7.05 Å². The molecule has 0 radical (unpaired) electrons. The van der Waals surface area contributed by atoms with Crippen LogP contribution in [-0.4, -0.2) is 43.0 Å². The minimum atomic E-state index is -0.539. The molecular formula is C9H19N3O2S. The molecule has 0 aliphatic carbocycles. The highest BCUT2D eigenvalue weighted by atomic mass is 32.2. The predicted molar refractivity (Wildman–Crippen MR) is 62.6 cm³/mol. The van der Waals surface area contributed by atoms with Crippen LogP contribution in [0.3, 0.4) is 0 Å². The average Bonchev–Trinajstić information content (AvgIpc) is 2.24. The molecule has 5 nitrogen and oxygen atoms in total. The monoisotopic (exact) mass is 233 g/mol. The van der Waals surface area contributed by atoms with Gasteiger partial charge in [0.1, 0.15) is 6.04 Å². The van der Waals surface area contributed by atoms with Gasteiger partial charge >= 0.3 is 0 Å². The van der Waals surface area contributed by atoms with Crippen LogP contribution in [-0.2, 0) is 9.59 Å². The Bertz CT molecular complexity index is 223. The minimum absolute atomic E-state index is 0.222. The van der Waals surface area contributed by atoms with E-state index in [1.807, 2.05) is 6.26 Å². The van der Waals surface area contributed by atoms with Crippen LogP contribution in [0.1, 0.15) is 13.3 Å². The first-order valence-corrected chi connectivity index (χ1v) is 6.18. The van der Waals surface area contributed by atoms with E-state index in [9.17, 15) is 9.59 Å². The maximum atomic E-state index is 11.5. The number of hydrogen-bond donors (Lipinski definition) is 3. The Balaban J connectivity index is 3.95. The third-order valence-corrected chi connectivity index (χ3v) is 2.61. The van der Waals surface area contributed by atoms with Gasteiger partial charge < -0.3 is 16.4 Å². The molecule has 2 atom stereocenters. The summed E-state index contributed by atoms with van der Waals surface area (Å²) in [7, 11) is 1.53. The highest BCUT2D eigenvalue weighted by Crippen LogP contribution is 1.99. The number of nitrogens with one attached hydrogen (secondary N) is 2. The molecule has 88 valence electrons. The summed E-state index contributed by atoms with van der Waals surface area (Å²) in [6.45, 7) is 1.62. The molecule has 0 aliphatic heterocycles. The van der Waals surface area contributed by atoms with Gasteiger partial charge in [-0.05, 0) is 25.4 Å². The zero-order valence-corrected chi connectivity index (χ0v) is 10.2. The van der Waals surface area contributed by atoms with E-state index in [1.54, 1.807) is 18.7 Å². The van der Waals surface area contributed by atoms with Gasteiger partial charge in [-0.2, -0.15) is 11.8 Å². The molecule has 0 saturated carbocycles. The minimum Gasteiger partial charge on any atom is -0.357 e. The van der Waals surface area contributed by atoms with Crippen molar-refractivity contribution in [2.75, 3.05) is 19.1 Å². The van der Waals surface area contributed by atoms with Crippen molar-refractivity contribution in [1.82, 2.24) is 10.6 Å². The lowest BCUT2D eigenvalue weighted by Crippen LogP contribution is -2.49. The normalized spacial score (nSPS) is 14.1. The Kier molecular flexibility index (Phi) is 7.15. The van der Waals surface area contributed by atoms with Crippen molar-refractivity contribution in [3.63, 3.8) is 0 Å². The molecule has 0 saturated heterocycles. The Morgan fingerprint density at radius 1 is 1.40 bits per heavy atom. The Labute approximate surface area is 94.5 Å². The Morgan fingerprint density at radius 3 is 2.47 bits per heavy atom. The lowest BCUT2D eigenvalue weighted by Gasteiger charge is -2.15. The molecule has 2 amide bonds. The number of likely N-dealkylation sites (N-methyl/N-ethyl adjacent to an activating group) is 1. The summed E-state index contributed by atoms with van der Waals surface area (Å²) in [5.41, 5.74) is 5.64. The van der Waals surface area contributed by atoms with Crippen molar-refractivity contribution in [2.45, 2.75) is 25.4 Å². The van der Waals surface area contributed by atoms with E-state index >= 15 is 0 Å². The smallest absolute Gasteiger partial charge is 0.242 e. The van der Waals surface area contributed by atoms with Crippen LogP contribution < -0.4 is 16.4 Å². The summed E-state index contributed by atoms with van der Waals surface area (Å²) in [6.07, 6.45) is 2.57. The second-order valence-corrected chi connectivity index (χ2v) is 4.22. The van der Waals surface area contributed by atoms with Gasteiger partial charge in [-0.1, -0.05) is 0 Å². The molecule has 0 aromatic carbocycles. The maximum absolute atomic E-state index is 11.5. The lowest BCUT2D eigenvalue weighted by molar-refractivity contribution is -0.128. The summed E-state index contributed by atoms with van der Waals surface area (Å²) >= 11 is 1.64. The Morgan fingerprint density at radius 2 is 2.00 bits per heavy atom. The Hall–Kier alpha value is -0.750. The van der Waals surface area contributed by atoms with Crippen LogP contribution in [0.15, 0.2) is 0 Å². The third kappa shape index (κ3) is 5.64. The van der Waals surface area contributed by atoms with Crippen molar-refractivity contribution >= 4 is 23.6 Å². The van der Waals surface area contributed by atoms with Crippen LogP contribution in [0.25, 0.3) is 0 Å². The summed E-state index contributed by atoms with van der Waals surface area (Å²) in [6, 6.07) is -1.08. The first-order chi connectivity index (χ1) is 7.02. The van der Waals surface area contributed by atoms with Crippen LogP contribution in [0, 0.1) is 0 Å². The number of hydrogen-bond acceptors (Lipinski definition) is 4. The van der Waals surface area contributed by atoms with Crippen LogP contribution in [0.5, 0.6) is 0 Å². The van der Waals surface area contributed by atoms with Gasteiger partial charge in [0.2, 0.25) is 11.8 Å². The number of rotatable bonds is 6. The molecule has 0 bridgehead atoms. The third-order valence-electron chi connectivity index (χ3n) is 1.97. The first-order valence-electron chi connectivity index (χ1n) is 4.79. The number of carbonyl (C=O) groups excluding carboxylic acids is 2. The number of carbonyl (C=O) groups is 2. The van der Waals surface area contributed by atoms with Crippen molar-refractivity contribution in [1.29, 1.82) is 0 Å². The largest absolute Gasteiger partial charge is 0.357 e. The molecule has 0 spiro atoms. The fourth-order valence-electron chi connectivity index (χ4n) is 0.978. The summed E-state index contributed by atoms with van der Waals surface area (Å²) in [4.78, 5) is 22.6. The molecule has 6 heteroatoms. The molecule has 0 heterocycles. The molecule has 0 aromatic heterocycles. The van der Waals surface area contributed by atoms with Gasteiger partial charge in [0.15, 0.2) is 0 Å². The van der Waals surface area contributed by atoms with E-state index in [0.717, 1.165) is 5.75 Å². The second kappa shape index (κ2) is 7.53. The standard InChI is InChI=1S/C9H19N3O2S/c1-6(8(13)11-2)12-9(14)7(10)4-5-15-3/h6-7H,4-5,10H2,1-3H3,(H,11,13)(H,12,14)/t6?,7-/m1/s1. The summed E-state index contributed by atoms with van der Waals surface area (Å²) < 4.78 is 0. The maximum Gasteiger partial charge on any atom is 0.242 e. The van der Waals surface area contributed by atoms with E-state index in [-0.39, 0.29) is 11.8 Å². The number of amides is 2. The van der Waals surface area contributed by atoms with E-state index in [4.69, 9.17) is 5.73 Å². The lowest BCUT2D eigenvalue weighted by atomic mass is 10.2.